The number of aromatic hydroxyl groups is 1. The molecule has 3 N–H and O–H groups in total. The van der Waals surface area contributed by atoms with Crippen LogP contribution in [0.15, 0.2) is 6.20 Å². The maximum atomic E-state index is 10.1. The van der Waals surface area contributed by atoms with E-state index >= 15 is 0 Å². The fraction of sp³-hybridized carbons (Fsp3) is 0.467. The monoisotopic (exact) mass is 290 g/mol. The molecule has 21 heavy (non-hydrogen) atoms. The quantitative estimate of drug-likeness (QED) is 0.771. The first-order valence-corrected chi connectivity index (χ1v) is 6.92. The highest BCUT2D eigenvalue weighted by Gasteiger charge is 2.13. The van der Waals surface area contributed by atoms with E-state index in [1.54, 1.807) is 13.1 Å². The van der Waals surface area contributed by atoms with E-state index in [-0.39, 0.29) is 12.4 Å². The standard InChI is InChI=1S/C15H22N4O2/c1-9-13(11(3)19(4)18-9)6-16-7-14-12(8-20)5-17-10(2)15(14)21/h5,16,20-21H,6-8H2,1-4H3. The maximum Gasteiger partial charge on any atom is 0.141 e. The fourth-order valence-corrected chi connectivity index (χ4v) is 2.40. The smallest absolute Gasteiger partial charge is 0.141 e. The van der Waals surface area contributed by atoms with E-state index in [4.69, 9.17) is 0 Å². The van der Waals surface area contributed by atoms with Crippen LogP contribution in [-0.4, -0.2) is 25.0 Å². The van der Waals surface area contributed by atoms with Crippen LogP contribution in [0.3, 0.4) is 0 Å². The van der Waals surface area contributed by atoms with Crippen LogP contribution in [0.2, 0.25) is 0 Å². The molecule has 6 heteroatoms. The van der Waals surface area contributed by atoms with Gasteiger partial charge in [0.15, 0.2) is 0 Å². The van der Waals surface area contributed by atoms with Gasteiger partial charge in [0.2, 0.25) is 0 Å². The van der Waals surface area contributed by atoms with E-state index in [2.05, 4.69) is 15.4 Å². The Kier molecular flexibility index (Phi) is 4.59. The Labute approximate surface area is 124 Å². The van der Waals surface area contributed by atoms with Gasteiger partial charge in [-0.05, 0) is 20.8 Å². The number of aliphatic hydroxyl groups is 1. The number of aryl methyl sites for hydroxylation is 3. The number of hydrogen-bond donors (Lipinski definition) is 3. The zero-order chi connectivity index (χ0) is 15.6. The molecule has 0 unspecified atom stereocenters. The van der Waals surface area contributed by atoms with Crippen LogP contribution in [0, 0.1) is 20.8 Å². The van der Waals surface area contributed by atoms with Crippen molar-refractivity contribution in [1.29, 1.82) is 0 Å². The third-order valence-corrected chi connectivity index (χ3v) is 3.86. The molecule has 114 valence electrons. The van der Waals surface area contributed by atoms with Gasteiger partial charge in [-0.1, -0.05) is 0 Å². The number of aromatic nitrogens is 3. The zero-order valence-electron chi connectivity index (χ0n) is 12.9. The van der Waals surface area contributed by atoms with Crippen LogP contribution in [0.4, 0.5) is 0 Å². The number of aliphatic hydroxyl groups excluding tert-OH is 1. The van der Waals surface area contributed by atoms with Crippen molar-refractivity contribution in [2.75, 3.05) is 0 Å². The lowest BCUT2D eigenvalue weighted by atomic mass is 10.1. The molecule has 2 rings (SSSR count). The van der Waals surface area contributed by atoms with Gasteiger partial charge in [0.25, 0.3) is 0 Å². The van der Waals surface area contributed by atoms with Crippen LogP contribution in [0.25, 0.3) is 0 Å². The van der Waals surface area contributed by atoms with Gasteiger partial charge in [0.05, 0.1) is 18.0 Å². The molecule has 0 aromatic carbocycles. The summed E-state index contributed by atoms with van der Waals surface area (Å²) in [5.74, 6) is 0.147. The molecule has 6 nitrogen and oxygen atoms in total. The molecule has 0 fully saturated rings. The van der Waals surface area contributed by atoms with E-state index in [1.807, 2.05) is 25.6 Å². The van der Waals surface area contributed by atoms with Crippen molar-refractivity contribution in [2.24, 2.45) is 7.05 Å². The van der Waals surface area contributed by atoms with Gasteiger partial charge in [-0.2, -0.15) is 5.10 Å². The largest absolute Gasteiger partial charge is 0.506 e. The van der Waals surface area contributed by atoms with E-state index in [0.29, 0.717) is 29.9 Å². The first kappa shape index (κ1) is 15.5. The molecule has 2 aromatic heterocycles. The summed E-state index contributed by atoms with van der Waals surface area (Å²) in [6, 6.07) is 0. The molecule has 2 aromatic rings. The van der Waals surface area contributed by atoms with Gasteiger partial charge < -0.3 is 15.5 Å². The van der Waals surface area contributed by atoms with Gasteiger partial charge >= 0.3 is 0 Å². The summed E-state index contributed by atoms with van der Waals surface area (Å²) in [5.41, 5.74) is 5.19. The Bertz CT molecular complexity index is 650. The Balaban J connectivity index is 2.12. The second-order valence-electron chi connectivity index (χ2n) is 5.23. The maximum absolute atomic E-state index is 10.1. The van der Waals surface area contributed by atoms with E-state index in [0.717, 1.165) is 17.0 Å². The highest BCUT2D eigenvalue weighted by atomic mass is 16.3. The number of nitrogens with one attached hydrogen (secondary N) is 1. The van der Waals surface area contributed by atoms with Gasteiger partial charge in [-0.15, -0.1) is 0 Å². The minimum absolute atomic E-state index is 0.136. The van der Waals surface area contributed by atoms with Gasteiger partial charge in [-0.25, -0.2) is 0 Å². The Morgan fingerprint density at radius 2 is 1.81 bits per heavy atom. The van der Waals surface area contributed by atoms with E-state index in [1.165, 1.54) is 0 Å². The Morgan fingerprint density at radius 3 is 2.38 bits per heavy atom. The summed E-state index contributed by atoms with van der Waals surface area (Å²) in [6.07, 6.45) is 1.60. The van der Waals surface area contributed by atoms with Crippen LogP contribution in [-0.2, 0) is 26.7 Å². The average Bonchev–Trinajstić information content (AvgIpc) is 2.69. The van der Waals surface area contributed by atoms with Crippen molar-refractivity contribution in [2.45, 2.75) is 40.5 Å². The molecule has 0 bridgehead atoms. The molecule has 2 heterocycles. The third kappa shape index (κ3) is 3.06. The van der Waals surface area contributed by atoms with Crippen LogP contribution in [0.5, 0.6) is 5.75 Å². The van der Waals surface area contributed by atoms with Crippen molar-refractivity contribution in [3.63, 3.8) is 0 Å². The van der Waals surface area contributed by atoms with Crippen molar-refractivity contribution in [3.8, 4) is 5.75 Å². The molecule has 0 saturated carbocycles. The first-order chi connectivity index (χ1) is 9.95. The second-order valence-corrected chi connectivity index (χ2v) is 5.23. The highest BCUT2D eigenvalue weighted by molar-refractivity contribution is 5.40. The van der Waals surface area contributed by atoms with Gasteiger partial charge in [-0.3, -0.25) is 9.67 Å². The van der Waals surface area contributed by atoms with Crippen LogP contribution in [0.1, 0.15) is 33.8 Å². The molecule has 0 atom stereocenters. The molecule has 0 radical (unpaired) electrons. The minimum Gasteiger partial charge on any atom is -0.506 e. The first-order valence-electron chi connectivity index (χ1n) is 6.92. The summed E-state index contributed by atoms with van der Waals surface area (Å²) < 4.78 is 1.86. The number of nitrogens with zero attached hydrogens (tertiary/aromatic N) is 3. The van der Waals surface area contributed by atoms with Gasteiger partial charge in [0, 0.05) is 48.7 Å². The van der Waals surface area contributed by atoms with Crippen molar-refractivity contribution in [1.82, 2.24) is 20.1 Å². The third-order valence-electron chi connectivity index (χ3n) is 3.86. The number of rotatable bonds is 5. The van der Waals surface area contributed by atoms with Gasteiger partial charge in [0.1, 0.15) is 5.75 Å². The molecule has 0 aliphatic carbocycles. The van der Waals surface area contributed by atoms with E-state index < -0.39 is 0 Å². The Morgan fingerprint density at radius 1 is 1.14 bits per heavy atom. The Hall–Kier alpha value is -1.92. The molecule has 0 spiro atoms. The SMILES string of the molecule is Cc1ncc(CO)c(CNCc2c(C)nn(C)c2C)c1O. The zero-order valence-corrected chi connectivity index (χ0v) is 12.9. The van der Waals surface area contributed by atoms with Crippen LogP contribution < -0.4 is 5.32 Å². The lowest BCUT2D eigenvalue weighted by Gasteiger charge is -2.12. The second kappa shape index (κ2) is 6.24. The molecular formula is C15H22N4O2. The molecule has 0 amide bonds. The lowest BCUT2D eigenvalue weighted by Crippen LogP contribution is -2.16. The van der Waals surface area contributed by atoms with Crippen molar-refractivity contribution in [3.05, 3.63) is 40.0 Å². The summed E-state index contributed by atoms with van der Waals surface area (Å²) >= 11 is 0. The molecular weight excluding hydrogens is 268 g/mol. The summed E-state index contributed by atoms with van der Waals surface area (Å²) in [4.78, 5) is 4.06. The number of hydrogen-bond acceptors (Lipinski definition) is 5. The lowest BCUT2D eigenvalue weighted by molar-refractivity contribution is 0.278. The van der Waals surface area contributed by atoms with Crippen molar-refractivity contribution >= 4 is 0 Å². The normalized spacial score (nSPS) is 11.1. The topological polar surface area (TPSA) is 83.2 Å². The summed E-state index contributed by atoms with van der Waals surface area (Å²) in [7, 11) is 1.92. The van der Waals surface area contributed by atoms with Crippen molar-refractivity contribution < 1.29 is 10.2 Å². The fourth-order valence-electron chi connectivity index (χ4n) is 2.40. The van der Waals surface area contributed by atoms with E-state index in [9.17, 15) is 10.2 Å². The predicted octanol–water partition coefficient (Wildman–Crippen LogP) is 1.23. The predicted molar refractivity (Wildman–Crippen MR) is 79.8 cm³/mol. The minimum atomic E-state index is -0.136. The highest BCUT2D eigenvalue weighted by Crippen LogP contribution is 2.23. The van der Waals surface area contributed by atoms with Crippen LogP contribution >= 0.6 is 0 Å². The summed E-state index contributed by atoms with van der Waals surface area (Å²) in [5, 5.41) is 27.1. The summed E-state index contributed by atoms with van der Waals surface area (Å²) in [6.45, 7) is 6.76. The molecule has 0 aliphatic rings. The molecule has 0 saturated heterocycles. The average molecular weight is 290 g/mol. The molecule has 0 aliphatic heterocycles. The number of pyridine rings is 1.